The molecular weight excluding hydrogens is 380 g/mol. The normalized spacial score (nSPS) is 11.3. The van der Waals surface area contributed by atoms with E-state index in [9.17, 15) is 13.2 Å². The number of anilines is 2. The maximum absolute atomic E-state index is 12.3. The molecule has 0 bridgehead atoms. The number of hydrogen-bond acceptors (Lipinski definition) is 7. The molecule has 136 valence electrons. The summed E-state index contributed by atoms with van der Waals surface area (Å²) >= 11 is 2.94. The largest absolute Gasteiger partial charge is 0.296 e. The van der Waals surface area contributed by atoms with Crippen LogP contribution >= 0.6 is 23.1 Å². The number of nitrogens with one attached hydrogen (secondary N) is 1. The third kappa shape index (κ3) is 5.16. The second kappa shape index (κ2) is 8.63. The minimum Gasteiger partial charge on any atom is -0.296 e. The van der Waals surface area contributed by atoms with Crippen molar-refractivity contribution in [3.63, 3.8) is 0 Å². The van der Waals surface area contributed by atoms with Gasteiger partial charge in [-0.1, -0.05) is 30.0 Å². The van der Waals surface area contributed by atoms with Crippen molar-refractivity contribution in [3.05, 3.63) is 29.8 Å². The lowest BCUT2D eigenvalue weighted by Gasteiger charge is -2.18. The second-order valence-corrected chi connectivity index (χ2v) is 9.70. The fourth-order valence-corrected chi connectivity index (χ4v) is 4.36. The van der Waals surface area contributed by atoms with Crippen LogP contribution < -0.4 is 9.62 Å². The predicted octanol–water partition coefficient (Wildman–Crippen LogP) is 3.08. The molecule has 7 nitrogen and oxygen atoms in total. The van der Waals surface area contributed by atoms with Gasteiger partial charge in [0.25, 0.3) is 5.91 Å². The molecule has 1 aromatic heterocycles. The van der Waals surface area contributed by atoms with Gasteiger partial charge >= 0.3 is 0 Å². The fourth-order valence-electron chi connectivity index (χ4n) is 1.85. The third-order valence-electron chi connectivity index (χ3n) is 3.33. The fraction of sp³-hybridized carbons (Fsp3) is 0.400. The van der Waals surface area contributed by atoms with Gasteiger partial charge in [0.15, 0.2) is 4.34 Å². The molecular formula is C15H20N4O3S3. The van der Waals surface area contributed by atoms with E-state index in [4.69, 9.17) is 0 Å². The Morgan fingerprint density at radius 1 is 1.24 bits per heavy atom. The third-order valence-corrected chi connectivity index (χ3v) is 7.28. The van der Waals surface area contributed by atoms with Gasteiger partial charge in [0.05, 0.1) is 11.4 Å². The van der Waals surface area contributed by atoms with E-state index in [0.717, 1.165) is 16.5 Å². The van der Waals surface area contributed by atoms with Gasteiger partial charge in [0.1, 0.15) is 0 Å². The second-order valence-electron chi connectivity index (χ2n) is 5.09. The molecule has 0 saturated heterocycles. The average molecular weight is 401 g/mol. The topological polar surface area (TPSA) is 92.3 Å². The summed E-state index contributed by atoms with van der Waals surface area (Å²) in [6, 6.07) is 6.37. The maximum atomic E-state index is 12.3. The smallest absolute Gasteiger partial charge is 0.257 e. The van der Waals surface area contributed by atoms with E-state index < -0.39 is 10.0 Å². The summed E-state index contributed by atoms with van der Waals surface area (Å²) in [5, 5.41) is 11.1. The predicted molar refractivity (Wildman–Crippen MR) is 103 cm³/mol. The Morgan fingerprint density at radius 3 is 2.52 bits per heavy atom. The number of amides is 1. The van der Waals surface area contributed by atoms with Crippen LogP contribution in [0.4, 0.5) is 10.8 Å². The number of nitrogens with zero attached hydrogens (tertiary/aromatic N) is 3. The van der Waals surface area contributed by atoms with Crippen molar-refractivity contribution in [1.82, 2.24) is 10.2 Å². The molecule has 1 N–H and O–H groups in total. The number of rotatable bonds is 8. The van der Waals surface area contributed by atoms with E-state index in [1.165, 1.54) is 22.7 Å². The molecule has 1 heterocycles. The van der Waals surface area contributed by atoms with Crippen LogP contribution in [0.15, 0.2) is 28.6 Å². The van der Waals surface area contributed by atoms with Gasteiger partial charge in [-0.25, -0.2) is 8.42 Å². The maximum Gasteiger partial charge on any atom is 0.257 e. The minimum atomic E-state index is -3.32. The van der Waals surface area contributed by atoms with E-state index in [2.05, 4.69) is 22.4 Å². The zero-order valence-corrected chi connectivity index (χ0v) is 16.7. The van der Waals surface area contributed by atoms with Crippen molar-refractivity contribution >= 4 is 49.8 Å². The molecule has 0 aliphatic rings. The Morgan fingerprint density at radius 2 is 1.92 bits per heavy atom. The highest BCUT2D eigenvalue weighted by Crippen LogP contribution is 2.26. The van der Waals surface area contributed by atoms with Crippen LogP contribution in [0.1, 0.15) is 30.6 Å². The van der Waals surface area contributed by atoms with Gasteiger partial charge in [-0.05, 0) is 37.6 Å². The van der Waals surface area contributed by atoms with E-state index in [0.29, 0.717) is 16.4 Å². The SMILES string of the molecule is CCCSc1nnc(NC(=O)c2ccc(N(C)S(=O)(=O)CC)cc2)s1. The molecule has 0 aliphatic heterocycles. The molecule has 0 saturated carbocycles. The highest BCUT2D eigenvalue weighted by Gasteiger charge is 2.16. The molecule has 0 radical (unpaired) electrons. The van der Waals surface area contributed by atoms with Crippen molar-refractivity contribution in [3.8, 4) is 0 Å². The molecule has 2 aromatic rings. The van der Waals surface area contributed by atoms with Crippen LogP contribution in [-0.4, -0.2) is 43.1 Å². The molecule has 0 spiro atoms. The van der Waals surface area contributed by atoms with Gasteiger partial charge in [0, 0.05) is 18.4 Å². The summed E-state index contributed by atoms with van der Waals surface area (Å²) in [5.41, 5.74) is 0.927. The lowest BCUT2D eigenvalue weighted by Crippen LogP contribution is -2.28. The average Bonchev–Trinajstić information content (AvgIpc) is 3.06. The van der Waals surface area contributed by atoms with Gasteiger partial charge in [-0.2, -0.15) is 0 Å². The molecule has 25 heavy (non-hydrogen) atoms. The van der Waals surface area contributed by atoms with E-state index in [1.807, 2.05) is 0 Å². The Balaban J connectivity index is 2.04. The first kappa shape index (κ1) is 19.7. The van der Waals surface area contributed by atoms with Gasteiger partial charge in [-0.15, -0.1) is 10.2 Å². The highest BCUT2D eigenvalue weighted by atomic mass is 32.2. The quantitative estimate of drug-likeness (QED) is 0.541. The van der Waals surface area contributed by atoms with Gasteiger partial charge in [0.2, 0.25) is 15.2 Å². The summed E-state index contributed by atoms with van der Waals surface area (Å²) in [7, 11) is -1.83. The molecule has 0 aliphatic carbocycles. The molecule has 0 atom stereocenters. The number of sulfonamides is 1. The molecule has 0 fully saturated rings. The van der Waals surface area contributed by atoms with Crippen molar-refractivity contribution < 1.29 is 13.2 Å². The molecule has 1 amide bonds. The van der Waals surface area contributed by atoms with Crippen LogP contribution in [-0.2, 0) is 10.0 Å². The van der Waals surface area contributed by atoms with Crippen molar-refractivity contribution in [1.29, 1.82) is 0 Å². The summed E-state index contributed by atoms with van der Waals surface area (Å²) in [6.07, 6.45) is 1.04. The number of carbonyl (C=O) groups excluding carboxylic acids is 1. The number of carbonyl (C=O) groups is 1. The van der Waals surface area contributed by atoms with Crippen LogP contribution in [0.2, 0.25) is 0 Å². The van der Waals surface area contributed by atoms with E-state index in [1.54, 1.807) is 43.0 Å². The first-order valence-corrected chi connectivity index (χ1v) is 11.1. The summed E-state index contributed by atoms with van der Waals surface area (Å²) in [6.45, 7) is 3.67. The summed E-state index contributed by atoms with van der Waals surface area (Å²) in [4.78, 5) is 12.3. The Bertz CT molecular complexity index is 819. The Hall–Kier alpha value is -1.65. The van der Waals surface area contributed by atoms with Crippen LogP contribution in [0.5, 0.6) is 0 Å². The van der Waals surface area contributed by atoms with Crippen LogP contribution in [0, 0.1) is 0 Å². The van der Waals surface area contributed by atoms with E-state index in [-0.39, 0.29) is 11.7 Å². The van der Waals surface area contributed by atoms with Crippen molar-refractivity contribution in [2.24, 2.45) is 0 Å². The summed E-state index contributed by atoms with van der Waals surface area (Å²) < 4.78 is 25.8. The number of thioether (sulfide) groups is 1. The first-order chi connectivity index (χ1) is 11.9. The van der Waals surface area contributed by atoms with Gasteiger partial charge in [-0.3, -0.25) is 14.4 Å². The monoisotopic (exact) mass is 400 g/mol. The minimum absolute atomic E-state index is 0.0150. The zero-order valence-electron chi connectivity index (χ0n) is 14.2. The summed E-state index contributed by atoms with van der Waals surface area (Å²) in [5.74, 6) is 0.662. The van der Waals surface area contributed by atoms with Crippen molar-refractivity contribution in [2.75, 3.05) is 28.2 Å². The highest BCUT2D eigenvalue weighted by molar-refractivity contribution is 8.01. The van der Waals surface area contributed by atoms with Crippen LogP contribution in [0.25, 0.3) is 0 Å². The molecule has 2 rings (SSSR count). The molecule has 0 unspecified atom stereocenters. The van der Waals surface area contributed by atoms with E-state index >= 15 is 0 Å². The molecule has 1 aromatic carbocycles. The zero-order chi connectivity index (χ0) is 18.4. The lowest BCUT2D eigenvalue weighted by molar-refractivity contribution is 0.102. The molecule has 10 heteroatoms. The van der Waals surface area contributed by atoms with Crippen molar-refractivity contribution in [2.45, 2.75) is 24.6 Å². The first-order valence-electron chi connectivity index (χ1n) is 7.71. The lowest BCUT2D eigenvalue weighted by atomic mass is 10.2. The van der Waals surface area contributed by atoms with Gasteiger partial charge < -0.3 is 0 Å². The standard InChI is InChI=1S/C15H20N4O3S3/c1-4-10-23-15-18-17-14(24-15)16-13(20)11-6-8-12(9-7-11)19(3)25(21,22)5-2/h6-9H,4-5,10H2,1-3H3,(H,16,17,20). The number of hydrogen-bond donors (Lipinski definition) is 1. The Kier molecular flexibility index (Phi) is 6.79. The number of aromatic nitrogens is 2. The van der Waals surface area contributed by atoms with Crippen LogP contribution in [0.3, 0.4) is 0 Å². The number of benzene rings is 1. The Labute approximate surface area is 155 Å².